The fraction of sp³-hybridized carbons (Fsp3) is 0.273. The van der Waals surface area contributed by atoms with Gasteiger partial charge in [0.05, 0.1) is 22.0 Å². The summed E-state index contributed by atoms with van der Waals surface area (Å²) in [7, 11) is -3.66. The van der Waals surface area contributed by atoms with E-state index in [4.69, 9.17) is 11.6 Å². The van der Waals surface area contributed by atoms with E-state index in [1.807, 2.05) is 30.5 Å². The number of nitrogens with one attached hydrogen (secondary N) is 1. The lowest BCUT2D eigenvalue weighted by atomic mass is 10.1. The number of anilines is 1. The number of aromatic nitrogens is 2. The molecule has 0 spiro atoms. The van der Waals surface area contributed by atoms with Gasteiger partial charge >= 0.3 is 0 Å². The van der Waals surface area contributed by atoms with Crippen molar-refractivity contribution in [3.05, 3.63) is 77.1 Å². The molecule has 0 aliphatic carbocycles. The predicted octanol–water partition coefficient (Wildman–Crippen LogP) is 4.01. The first-order valence-electron chi connectivity index (χ1n) is 10.1. The van der Waals surface area contributed by atoms with Crippen LogP contribution in [0.3, 0.4) is 0 Å². The number of amides is 1. The highest BCUT2D eigenvalue weighted by Crippen LogP contribution is 2.26. The molecule has 2 heterocycles. The summed E-state index contributed by atoms with van der Waals surface area (Å²) in [5.41, 5.74) is 1.68. The van der Waals surface area contributed by atoms with Crippen LogP contribution in [0.2, 0.25) is 5.02 Å². The summed E-state index contributed by atoms with van der Waals surface area (Å²) in [4.78, 5) is 13.0. The Kier molecular flexibility index (Phi) is 6.41. The van der Waals surface area contributed by atoms with Gasteiger partial charge in [0.1, 0.15) is 0 Å². The Labute approximate surface area is 186 Å². The normalized spacial score (nSPS) is 15.0. The number of carbonyl (C=O) groups is 1. The van der Waals surface area contributed by atoms with Crippen LogP contribution < -0.4 is 5.32 Å². The lowest BCUT2D eigenvalue weighted by molar-refractivity contribution is 0.102. The monoisotopic (exact) mass is 458 g/mol. The fourth-order valence-corrected chi connectivity index (χ4v) is 5.37. The molecule has 2 aromatic carbocycles. The Morgan fingerprint density at radius 3 is 2.61 bits per heavy atom. The maximum absolute atomic E-state index is 13.0. The van der Waals surface area contributed by atoms with Gasteiger partial charge in [-0.3, -0.25) is 9.48 Å². The van der Waals surface area contributed by atoms with Crippen LogP contribution in [0, 0.1) is 0 Å². The summed E-state index contributed by atoms with van der Waals surface area (Å²) in [5, 5.41) is 7.20. The van der Waals surface area contributed by atoms with Gasteiger partial charge in [0.2, 0.25) is 10.0 Å². The third kappa shape index (κ3) is 4.98. The standard InChI is InChI=1S/C22H23ClN4O3S/c23-21-9-8-19(31(29,30)27-12-2-1-3-13-27)15-20(21)22(28)25-18-7-4-6-17(14-18)16-26-11-5-10-24-26/h4-11,14-15H,1-3,12-13,16H2,(H,25,28). The van der Waals surface area contributed by atoms with Crippen LogP contribution in [0.5, 0.6) is 0 Å². The van der Waals surface area contributed by atoms with Crippen molar-refractivity contribution >= 4 is 33.2 Å². The van der Waals surface area contributed by atoms with E-state index in [0.717, 1.165) is 24.8 Å². The zero-order chi connectivity index (χ0) is 21.8. The number of hydrogen-bond donors (Lipinski definition) is 1. The minimum Gasteiger partial charge on any atom is -0.322 e. The maximum atomic E-state index is 13.0. The van der Waals surface area contributed by atoms with Gasteiger partial charge in [-0.15, -0.1) is 0 Å². The zero-order valence-electron chi connectivity index (χ0n) is 16.9. The molecule has 0 unspecified atom stereocenters. The van der Waals surface area contributed by atoms with Crippen molar-refractivity contribution in [3.8, 4) is 0 Å². The minimum atomic E-state index is -3.66. The first-order chi connectivity index (χ1) is 14.9. The van der Waals surface area contributed by atoms with E-state index >= 15 is 0 Å². The van der Waals surface area contributed by atoms with Crippen molar-refractivity contribution < 1.29 is 13.2 Å². The SMILES string of the molecule is O=C(Nc1cccc(Cn2cccn2)c1)c1cc(S(=O)(=O)N2CCCCC2)ccc1Cl. The largest absolute Gasteiger partial charge is 0.322 e. The van der Waals surface area contributed by atoms with Gasteiger partial charge in [0.25, 0.3) is 5.91 Å². The van der Waals surface area contributed by atoms with Crippen LogP contribution in [0.15, 0.2) is 65.8 Å². The average molecular weight is 459 g/mol. The molecule has 0 bridgehead atoms. The van der Waals surface area contributed by atoms with Gasteiger partial charge in [0.15, 0.2) is 0 Å². The van der Waals surface area contributed by atoms with Crippen molar-refractivity contribution in [3.63, 3.8) is 0 Å². The summed E-state index contributed by atoms with van der Waals surface area (Å²) >= 11 is 6.24. The van der Waals surface area contributed by atoms with Crippen molar-refractivity contribution in [2.45, 2.75) is 30.7 Å². The first kappa shape index (κ1) is 21.5. The summed E-state index contributed by atoms with van der Waals surface area (Å²) in [6.07, 6.45) is 6.28. The summed E-state index contributed by atoms with van der Waals surface area (Å²) in [6.45, 7) is 1.56. The zero-order valence-corrected chi connectivity index (χ0v) is 18.4. The van der Waals surface area contributed by atoms with E-state index in [-0.39, 0.29) is 15.5 Å². The lowest BCUT2D eigenvalue weighted by Crippen LogP contribution is -2.35. The van der Waals surface area contributed by atoms with Gasteiger partial charge < -0.3 is 5.32 Å². The van der Waals surface area contributed by atoms with Gasteiger partial charge in [0, 0.05) is 31.2 Å². The lowest BCUT2D eigenvalue weighted by Gasteiger charge is -2.26. The molecule has 1 saturated heterocycles. The quantitative estimate of drug-likeness (QED) is 0.604. The summed E-state index contributed by atoms with van der Waals surface area (Å²) in [6, 6.07) is 13.5. The molecule has 31 heavy (non-hydrogen) atoms. The van der Waals surface area contributed by atoms with Crippen LogP contribution >= 0.6 is 11.6 Å². The number of benzene rings is 2. The third-order valence-corrected chi connectivity index (χ3v) is 7.45. The van der Waals surface area contributed by atoms with E-state index in [1.54, 1.807) is 16.9 Å². The molecule has 4 rings (SSSR count). The molecular formula is C22H23ClN4O3S. The van der Waals surface area contributed by atoms with Crippen LogP contribution in [0.1, 0.15) is 35.2 Å². The fourth-order valence-electron chi connectivity index (χ4n) is 3.62. The van der Waals surface area contributed by atoms with Crippen molar-refractivity contribution in [2.75, 3.05) is 18.4 Å². The molecule has 1 amide bonds. The molecule has 1 N–H and O–H groups in total. The Balaban J connectivity index is 1.54. The number of halogens is 1. The molecule has 162 valence electrons. The number of hydrogen-bond acceptors (Lipinski definition) is 4. The molecule has 1 aliphatic rings. The van der Waals surface area contributed by atoms with E-state index in [0.29, 0.717) is 25.3 Å². The Morgan fingerprint density at radius 1 is 1.06 bits per heavy atom. The number of rotatable bonds is 6. The van der Waals surface area contributed by atoms with Crippen LogP contribution in [0.25, 0.3) is 0 Å². The average Bonchev–Trinajstić information content (AvgIpc) is 3.28. The first-order valence-corrected chi connectivity index (χ1v) is 11.9. The van der Waals surface area contributed by atoms with Crippen molar-refractivity contribution in [1.82, 2.24) is 14.1 Å². The second-order valence-electron chi connectivity index (χ2n) is 7.46. The Hall–Kier alpha value is -2.68. The topological polar surface area (TPSA) is 84.3 Å². The van der Waals surface area contributed by atoms with E-state index < -0.39 is 15.9 Å². The van der Waals surface area contributed by atoms with Crippen molar-refractivity contribution in [2.24, 2.45) is 0 Å². The Morgan fingerprint density at radius 2 is 1.87 bits per heavy atom. The highest BCUT2D eigenvalue weighted by Gasteiger charge is 2.27. The maximum Gasteiger partial charge on any atom is 0.257 e. The molecule has 9 heteroatoms. The minimum absolute atomic E-state index is 0.0800. The number of piperidine rings is 1. The van der Waals surface area contributed by atoms with Gasteiger partial charge in [-0.25, -0.2) is 8.42 Å². The molecule has 1 aliphatic heterocycles. The van der Waals surface area contributed by atoms with Gasteiger partial charge in [-0.1, -0.05) is 30.2 Å². The van der Waals surface area contributed by atoms with E-state index in [2.05, 4.69) is 10.4 Å². The van der Waals surface area contributed by atoms with E-state index in [9.17, 15) is 13.2 Å². The van der Waals surface area contributed by atoms with E-state index in [1.165, 1.54) is 22.5 Å². The number of sulfonamides is 1. The number of nitrogens with zero attached hydrogens (tertiary/aromatic N) is 3. The molecule has 1 fully saturated rings. The summed E-state index contributed by atoms with van der Waals surface area (Å²) < 4.78 is 29.2. The third-order valence-electron chi connectivity index (χ3n) is 5.22. The van der Waals surface area contributed by atoms with Crippen LogP contribution in [0.4, 0.5) is 5.69 Å². The molecule has 7 nitrogen and oxygen atoms in total. The molecule has 0 saturated carbocycles. The smallest absolute Gasteiger partial charge is 0.257 e. The predicted molar refractivity (Wildman–Crippen MR) is 120 cm³/mol. The molecule has 1 aromatic heterocycles. The molecule has 3 aromatic rings. The molecule has 0 atom stereocenters. The summed E-state index contributed by atoms with van der Waals surface area (Å²) in [5.74, 6) is -0.461. The second-order valence-corrected chi connectivity index (χ2v) is 9.81. The Bertz CT molecular complexity index is 1170. The van der Waals surface area contributed by atoms with Crippen LogP contribution in [-0.4, -0.2) is 41.5 Å². The second kappa shape index (κ2) is 9.21. The van der Waals surface area contributed by atoms with Crippen molar-refractivity contribution in [1.29, 1.82) is 0 Å². The van der Waals surface area contributed by atoms with Crippen LogP contribution in [-0.2, 0) is 16.6 Å². The molecular weight excluding hydrogens is 436 g/mol. The number of carbonyl (C=O) groups excluding carboxylic acids is 1. The highest BCUT2D eigenvalue weighted by molar-refractivity contribution is 7.89. The molecule has 0 radical (unpaired) electrons. The highest BCUT2D eigenvalue weighted by atomic mass is 35.5. The van der Waals surface area contributed by atoms with Gasteiger partial charge in [-0.2, -0.15) is 9.40 Å². The van der Waals surface area contributed by atoms with Gasteiger partial charge in [-0.05, 0) is 54.8 Å².